The molecule has 0 aliphatic rings. The van der Waals surface area contributed by atoms with E-state index in [0.29, 0.717) is 22.6 Å². The van der Waals surface area contributed by atoms with Crippen LogP contribution < -0.4 is 5.56 Å². The molecule has 0 fully saturated rings. The first-order chi connectivity index (χ1) is 9.95. The molecule has 1 atom stereocenters. The van der Waals surface area contributed by atoms with Crippen molar-refractivity contribution in [1.82, 2.24) is 14.5 Å². The van der Waals surface area contributed by atoms with E-state index in [4.69, 9.17) is 0 Å². The largest absolute Gasteiger partial charge is 0.348 e. The molecule has 1 heterocycles. The molecule has 1 aromatic heterocycles. The SMILES string of the molecule is CCn1c(S[C@H](C)C(=O)N(C)C)nc2ccccc2c1=O. The lowest BCUT2D eigenvalue weighted by Crippen LogP contribution is -2.31. The molecule has 112 valence electrons. The molecule has 0 unspecified atom stereocenters. The Morgan fingerprint density at radius 2 is 2.05 bits per heavy atom. The number of nitrogens with zero attached hydrogens (tertiary/aromatic N) is 3. The van der Waals surface area contributed by atoms with Crippen LogP contribution in [0, 0.1) is 0 Å². The number of hydrogen-bond donors (Lipinski definition) is 0. The average molecular weight is 305 g/mol. The summed E-state index contributed by atoms with van der Waals surface area (Å²) in [5.41, 5.74) is 0.606. The Labute approximate surface area is 128 Å². The Morgan fingerprint density at radius 1 is 1.38 bits per heavy atom. The highest BCUT2D eigenvalue weighted by atomic mass is 32.2. The number of rotatable bonds is 4. The Morgan fingerprint density at radius 3 is 2.67 bits per heavy atom. The minimum atomic E-state index is -0.286. The van der Waals surface area contributed by atoms with E-state index in [1.165, 1.54) is 11.8 Å². The zero-order valence-corrected chi connectivity index (χ0v) is 13.5. The summed E-state index contributed by atoms with van der Waals surface area (Å²) in [6.07, 6.45) is 0. The number of thioether (sulfide) groups is 1. The van der Waals surface area contributed by atoms with Gasteiger partial charge in [-0.3, -0.25) is 14.2 Å². The molecule has 0 N–H and O–H groups in total. The quantitative estimate of drug-likeness (QED) is 0.640. The Hall–Kier alpha value is -1.82. The molecule has 2 aromatic rings. The summed E-state index contributed by atoms with van der Waals surface area (Å²) < 4.78 is 1.62. The highest BCUT2D eigenvalue weighted by Gasteiger charge is 2.19. The van der Waals surface area contributed by atoms with Crippen LogP contribution in [0.3, 0.4) is 0 Å². The number of benzene rings is 1. The lowest BCUT2D eigenvalue weighted by molar-refractivity contribution is -0.127. The smallest absolute Gasteiger partial charge is 0.262 e. The maximum atomic E-state index is 12.5. The average Bonchev–Trinajstić information content (AvgIpc) is 2.46. The zero-order chi connectivity index (χ0) is 15.6. The molecule has 5 nitrogen and oxygen atoms in total. The Bertz CT molecular complexity index is 724. The van der Waals surface area contributed by atoms with Crippen LogP contribution in [0.15, 0.2) is 34.2 Å². The van der Waals surface area contributed by atoms with Crippen molar-refractivity contribution in [2.24, 2.45) is 0 Å². The molecule has 1 aromatic carbocycles. The van der Waals surface area contributed by atoms with Gasteiger partial charge in [0.15, 0.2) is 5.16 Å². The summed E-state index contributed by atoms with van der Waals surface area (Å²) in [6, 6.07) is 7.28. The fourth-order valence-electron chi connectivity index (χ4n) is 2.09. The van der Waals surface area contributed by atoms with Crippen LogP contribution in [0.1, 0.15) is 13.8 Å². The van der Waals surface area contributed by atoms with Gasteiger partial charge >= 0.3 is 0 Å². The van der Waals surface area contributed by atoms with Crippen LogP contribution in [0.4, 0.5) is 0 Å². The van der Waals surface area contributed by atoms with E-state index in [1.807, 2.05) is 32.0 Å². The Balaban J connectivity index is 2.48. The van der Waals surface area contributed by atoms with E-state index in [1.54, 1.807) is 29.6 Å². The van der Waals surface area contributed by atoms with Gasteiger partial charge in [-0.1, -0.05) is 23.9 Å². The summed E-state index contributed by atoms with van der Waals surface area (Å²) in [6.45, 7) is 4.26. The third-order valence-electron chi connectivity index (χ3n) is 3.21. The first-order valence-electron chi connectivity index (χ1n) is 6.83. The molecule has 0 aliphatic heterocycles. The van der Waals surface area contributed by atoms with Crippen LogP contribution in [0.25, 0.3) is 10.9 Å². The van der Waals surface area contributed by atoms with Gasteiger partial charge in [-0.05, 0) is 26.0 Å². The van der Waals surface area contributed by atoms with Crippen molar-refractivity contribution in [2.75, 3.05) is 14.1 Å². The van der Waals surface area contributed by atoms with Crippen LogP contribution in [-0.2, 0) is 11.3 Å². The van der Waals surface area contributed by atoms with Gasteiger partial charge in [-0.15, -0.1) is 0 Å². The summed E-state index contributed by atoms with van der Waals surface area (Å²) in [5, 5.41) is 0.907. The van der Waals surface area contributed by atoms with Gasteiger partial charge in [-0.2, -0.15) is 0 Å². The number of carbonyl (C=O) groups is 1. The molecule has 0 spiro atoms. The van der Waals surface area contributed by atoms with Crippen LogP contribution in [0.2, 0.25) is 0 Å². The topological polar surface area (TPSA) is 55.2 Å². The van der Waals surface area contributed by atoms with Gasteiger partial charge in [0, 0.05) is 20.6 Å². The second-order valence-corrected chi connectivity index (χ2v) is 6.26. The molecule has 0 bridgehead atoms. The first kappa shape index (κ1) is 15.6. The summed E-state index contributed by atoms with van der Waals surface area (Å²) in [5.74, 6) is 0.00469. The summed E-state index contributed by atoms with van der Waals surface area (Å²) in [7, 11) is 3.44. The van der Waals surface area contributed by atoms with E-state index in [0.717, 1.165) is 0 Å². The number of carbonyl (C=O) groups excluding carboxylic acids is 1. The minimum absolute atomic E-state index is 0.00469. The Kier molecular flexibility index (Phi) is 4.67. The molecule has 0 saturated heterocycles. The number of fused-ring (bicyclic) bond motifs is 1. The van der Waals surface area contributed by atoms with Crippen molar-refractivity contribution >= 4 is 28.6 Å². The molecular formula is C15H19N3O2S. The number of para-hydroxylation sites is 1. The van der Waals surface area contributed by atoms with Crippen LogP contribution in [-0.4, -0.2) is 39.7 Å². The maximum absolute atomic E-state index is 12.5. The van der Waals surface area contributed by atoms with Gasteiger partial charge in [0.1, 0.15) is 0 Å². The molecule has 2 rings (SSSR count). The number of hydrogen-bond acceptors (Lipinski definition) is 4. The minimum Gasteiger partial charge on any atom is -0.348 e. The van der Waals surface area contributed by atoms with Crippen molar-refractivity contribution in [3.05, 3.63) is 34.6 Å². The predicted octanol–water partition coefficient (Wildman–Crippen LogP) is 1.99. The lowest BCUT2D eigenvalue weighted by Gasteiger charge is -2.18. The van der Waals surface area contributed by atoms with E-state index in [9.17, 15) is 9.59 Å². The third-order valence-corrected chi connectivity index (χ3v) is 4.29. The number of aromatic nitrogens is 2. The summed E-state index contributed by atoms with van der Waals surface area (Å²) >= 11 is 1.32. The monoisotopic (exact) mass is 305 g/mol. The second kappa shape index (κ2) is 6.30. The third kappa shape index (κ3) is 3.10. The first-order valence-corrected chi connectivity index (χ1v) is 7.71. The molecular weight excluding hydrogens is 286 g/mol. The van der Waals surface area contributed by atoms with E-state index in [-0.39, 0.29) is 16.7 Å². The molecule has 0 saturated carbocycles. The maximum Gasteiger partial charge on any atom is 0.262 e. The van der Waals surface area contributed by atoms with Gasteiger partial charge in [0.05, 0.1) is 16.2 Å². The standard InChI is InChI=1S/C15H19N3O2S/c1-5-18-14(20)11-8-6-7-9-12(11)16-15(18)21-10(2)13(19)17(3)4/h6-10H,5H2,1-4H3/t10-/m1/s1. The molecule has 6 heteroatoms. The van der Waals surface area contributed by atoms with Crippen LogP contribution >= 0.6 is 11.8 Å². The second-order valence-electron chi connectivity index (χ2n) is 4.95. The molecule has 21 heavy (non-hydrogen) atoms. The van der Waals surface area contributed by atoms with Gasteiger partial charge in [0.25, 0.3) is 5.56 Å². The fraction of sp³-hybridized carbons (Fsp3) is 0.400. The van der Waals surface area contributed by atoms with Crippen molar-refractivity contribution in [3.63, 3.8) is 0 Å². The predicted molar refractivity (Wildman–Crippen MR) is 85.7 cm³/mol. The number of amides is 1. The van der Waals surface area contributed by atoms with Crippen molar-refractivity contribution in [1.29, 1.82) is 0 Å². The van der Waals surface area contributed by atoms with Crippen molar-refractivity contribution in [2.45, 2.75) is 30.8 Å². The van der Waals surface area contributed by atoms with Gasteiger partial charge < -0.3 is 4.90 Å². The highest BCUT2D eigenvalue weighted by Crippen LogP contribution is 2.23. The molecule has 0 aliphatic carbocycles. The van der Waals surface area contributed by atoms with Gasteiger partial charge in [0.2, 0.25) is 5.91 Å². The van der Waals surface area contributed by atoms with Gasteiger partial charge in [-0.25, -0.2) is 4.98 Å². The normalized spacial score (nSPS) is 12.4. The van der Waals surface area contributed by atoms with Crippen molar-refractivity contribution < 1.29 is 4.79 Å². The van der Waals surface area contributed by atoms with E-state index < -0.39 is 0 Å². The summed E-state index contributed by atoms with van der Waals surface area (Å²) in [4.78, 5) is 30.6. The fourth-order valence-corrected chi connectivity index (χ4v) is 3.21. The lowest BCUT2D eigenvalue weighted by atomic mass is 10.2. The highest BCUT2D eigenvalue weighted by molar-refractivity contribution is 8.00. The van der Waals surface area contributed by atoms with E-state index in [2.05, 4.69) is 4.98 Å². The van der Waals surface area contributed by atoms with Crippen LogP contribution in [0.5, 0.6) is 0 Å². The molecule has 0 radical (unpaired) electrons. The van der Waals surface area contributed by atoms with Crippen molar-refractivity contribution in [3.8, 4) is 0 Å². The zero-order valence-electron chi connectivity index (χ0n) is 12.7. The molecule has 1 amide bonds. The van der Waals surface area contributed by atoms with E-state index >= 15 is 0 Å².